The minimum atomic E-state index is -1.53. The molecule has 2 unspecified atom stereocenters. The number of hydrogen-bond donors (Lipinski definition) is 4. The molecule has 0 bridgehead atoms. The fourth-order valence-electron chi connectivity index (χ4n) is 5.89. The number of benzene rings is 3. The van der Waals surface area contributed by atoms with Crippen LogP contribution in [0.4, 0.5) is 20.7 Å². The van der Waals surface area contributed by atoms with Gasteiger partial charge >= 0.3 is 6.03 Å². The van der Waals surface area contributed by atoms with Crippen LogP contribution in [0.25, 0.3) is 0 Å². The van der Waals surface area contributed by atoms with Gasteiger partial charge in [0.1, 0.15) is 23.3 Å². The maximum absolute atomic E-state index is 15.1. The van der Waals surface area contributed by atoms with E-state index in [9.17, 15) is 20.0 Å². The second-order valence-electron chi connectivity index (χ2n) is 11.3. The number of aliphatic hydroxyl groups is 1. The molecule has 1 aliphatic carbocycles. The molecule has 4 atom stereocenters. The minimum Gasteiger partial charge on any atom is -0.383 e. The summed E-state index contributed by atoms with van der Waals surface area (Å²) in [4.78, 5) is 32.4. The summed E-state index contributed by atoms with van der Waals surface area (Å²) >= 11 is 5.91. The number of aromatic nitrogens is 1. The highest BCUT2D eigenvalue weighted by atomic mass is 35.5. The van der Waals surface area contributed by atoms with Gasteiger partial charge < -0.3 is 21.1 Å². The van der Waals surface area contributed by atoms with Gasteiger partial charge in [0.2, 0.25) is 5.91 Å². The van der Waals surface area contributed by atoms with Crippen molar-refractivity contribution in [1.82, 2.24) is 9.88 Å². The largest absolute Gasteiger partial charge is 0.383 e. The summed E-state index contributed by atoms with van der Waals surface area (Å²) < 4.78 is 15.1. The van der Waals surface area contributed by atoms with E-state index >= 15 is 4.39 Å². The highest BCUT2D eigenvalue weighted by Gasteiger charge is 2.53. The fourth-order valence-corrected chi connectivity index (χ4v) is 6.00. The second-order valence-corrected chi connectivity index (χ2v) is 11.7. The average Bonchev–Trinajstić information content (AvgIpc) is 3.60. The molecule has 9 nitrogen and oxygen atoms in total. The van der Waals surface area contributed by atoms with Crippen molar-refractivity contribution < 1.29 is 19.1 Å². The van der Waals surface area contributed by atoms with E-state index in [-0.39, 0.29) is 30.4 Å². The monoisotopic (exact) mass is 610 g/mol. The van der Waals surface area contributed by atoms with E-state index in [2.05, 4.69) is 21.7 Å². The Hall–Kier alpha value is -4.82. The predicted octanol–water partition coefficient (Wildman–Crippen LogP) is 5.22. The van der Waals surface area contributed by atoms with Gasteiger partial charge in [0.05, 0.1) is 28.9 Å². The lowest BCUT2D eigenvalue weighted by atomic mass is 9.91. The van der Waals surface area contributed by atoms with Gasteiger partial charge in [-0.25, -0.2) is 14.2 Å². The molecule has 3 amide bonds. The smallest absolute Gasteiger partial charge is 0.323 e. The van der Waals surface area contributed by atoms with Crippen molar-refractivity contribution in [2.75, 3.05) is 17.2 Å². The van der Waals surface area contributed by atoms with E-state index in [1.807, 2.05) is 6.07 Å². The first-order valence-corrected chi connectivity index (χ1v) is 14.3. The Balaban J connectivity index is 1.25. The Morgan fingerprint density at radius 1 is 1.02 bits per heavy atom. The van der Waals surface area contributed by atoms with Crippen LogP contribution in [0.1, 0.15) is 41.0 Å². The molecule has 222 valence electrons. The number of carbonyl (C=O) groups excluding carboxylic acids is 2. The number of β-amino-alcohol motifs (C(OH)–C–C–N with tert-alkyl or cyclic N) is 1. The third-order valence-electron chi connectivity index (χ3n) is 8.36. The molecule has 4 aromatic rings. The average molecular weight is 611 g/mol. The summed E-state index contributed by atoms with van der Waals surface area (Å²) in [5.74, 6) is -1.27. The van der Waals surface area contributed by atoms with E-state index < -0.39 is 34.9 Å². The van der Waals surface area contributed by atoms with Gasteiger partial charge in [0.25, 0.3) is 0 Å². The molecule has 2 fully saturated rings. The van der Waals surface area contributed by atoms with Crippen LogP contribution < -0.4 is 16.4 Å². The lowest BCUT2D eigenvalue weighted by Gasteiger charge is -2.25. The number of amides is 3. The molecular weight excluding hydrogens is 583 g/mol. The van der Waals surface area contributed by atoms with E-state index in [0.29, 0.717) is 22.6 Å². The number of nitrogens with one attached hydrogen (secondary N) is 2. The summed E-state index contributed by atoms with van der Waals surface area (Å²) in [6.45, 7) is -0.184. The lowest BCUT2D eigenvalue weighted by Crippen LogP contribution is -2.45. The molecule has 0 radical (unpaired) electrons. The van der Waals surface area contributed by atoms with E-state index in [1.54, 1.807) is 66.7 Å². The van der Waals surface area contributed by atoms with Gasteiger partial charge in [-0.1, -0.05) is 60.1 Å². The summed E-state index contributed by atoms with van der Waals surface area (Å²) in [7, 11) is 0. The van der Waals surface area contributed by atoms with Crippen molar-refractivity contribution in [1.29, 1.82) is 5.26 Å². The summed E-state index contributed by atoms with van der Waals surface area (Å²) in [5, 5.41) is 26.6. The number of carbonyl (C=O) groups is 2. The topological polar surface area (TPSA) is 144 Å². The third-order valence-corrected chi connectivity index (χ3v) is 8.58. The number of halogens is 2. The van der Waals surface area contributed by atoms with Crippen molar-refractivity contribution in [2.24, 2.45) is 5.73 Å². The highest BCUT2D eigenvalue weighted by molar-refractivity contribution is 6.30. The minimum absolute atomic E-state index is 0.0672. The van der Waals surface area contributed by atoms with E-state index in [1.165, 1.54) is 23.2 Å². The normalized spacial score (nSPS) is 23.9. The van der Waals surface area contributed by atoms with Gasteiger partial charge in [0, 0.05) is 24.1 Å². The number of rotatable bonds is 6. The standard InChI is InChI=1S/C33H28ClFN6O3/c34-24-10-12-29(38-18-24)40-31(43)41-19-32(44,22-6-2-1-3-7-22)16-28(41)30(42)39-27-14-21(9-11-26(27)35)25-15-33(25,37)23-8-4-5-20(13-23)17-36/h1-14,18,25,28,44H,15-16,19,37H2,(H,39,42)(H,38,40,43)/t25?,28-,32-,33?/m1/s1. The summed E-state index contributed by atoms with van der Waals surface area (Å²) in [6, 6.07) is 23.7. The van der Waals surface area contributed by atoms with Gasteiger partial charge in [-0.05, 0) is 59.5 Å². The zero-order valence-corrected chi connectivity index (χ0v) is 24.1. The first-order valence-electron chi connectivity index (χ1n) is 14.0. The quantitative estimate of drug-likeness (QED) is 0.236. The molecule has 3 aromatic carbocycles. The molecule has 1 saturated carbocycles. The number of nitrogens with two attached hydrogens (primary N) is 1. The SMILES string of the molecule is N#Cc1cccc(C2(N)CC2c2ccc(F)c(NC(=O)[C@H]3C[C@](O)(c4ccccc4)CN3C(=O)Nc3ccc(Cl)cn3)c2)c1. The molecule has 1 aromatic heterocycles. The third kappa shape index (κ3) is 5.61. The Bertz CT molecular complexity index is 1780. The Morgan fingerprint density at radius 2 is 1.80 bits per heavy atom. The molecule has 6 rings (SSSR count). The number of hydrogen-bond acceptors (Lipinski definition) is 6. The van der Waals surface area contributed by atoms with E-state index in [4.69, 9.17) is 17.3 Å². The molecule has 1 saturated heterocycles. The highest BCUT2D eigenvalue weighted by Crippen LogP contribution is 2.56. The van der Waals surface area contributed by atoms with Crippen LogP contribution in [0.5, 0.6) is 0 Å². The zero-order chi connectivity index (χ0) is 31.1. The number of likely N-dealkylation sites (tertiary alicyclic amines) is 1. The van der Waals surface area contributed by atoms with Gasteiger partial charge in [-0.2, -0.15) is 5.26 Å². The first-order chi connectivity index (χ1) is 21.1. The molecule has 11 heteroatoms. The molecule has 1 aliphatic heterocycles. The van der Waals surface area contributed by atoms with Crippen LogP contribution in [-0.4, -0.2) is 39.5 Å². The van der Waals surface area contributed by atoms with Gasteiger partial charge in [-0.3, -0.25) is 10.1 Å². The van der Waals surface area contributed by atoms with Crippen LogP contribution in [-0.2, 0) is 15.9 Å². The van der Waals surface area contributed by atoms with Gasteiger partial charge in [0.15, 0.2) is 0 Å². The Kier molecular flexibility index (Phi) is 7.55. The number of anilines is 2. The molecular formula is C33H28ClFN6O3. The number of nitriles is 1. The maximum Gasteiger partial charge on any atom is 0.323 e. The van der Waals surface area contributed by atoms with Crippen molar-refractivity contribution >= 4 is 35.0 Å². The lowest BCUT2D eigenvalue weighted by molar-refractivity contribution is -0.119. The van der Waals surface area contributed by atoms with Crippen LogP contribution in [0.3, 0.4) is 0 Å². The number of nitrogens with zero attached hydrogens (tertiary/aromatic N) is 3. The van der Waals surface area contributed by atoms with Crippen molar-refractivity contribution in [2.45, 2.75) is 35.9 Å². The van der Waals surface area contributed by atoms with E-state index in [0.717, 1.165) is 11.1 Å². The molecule has 0 spiro atoms. The summed E-state index contributed by atoms with van der Waals surface area (Å²) in [6.07, 6.45) is 1.84. The Morgan fingerprint density at radius 3 is 2.52 bits per heavy atom. The van der Waals surface area contributed by atoms with Crippen LogP contribution in [0, 0.1) is 17.1 Å². The summed E-state index contributed by atoms with van der Waals surface area (Å²) in [5.41, 5.74) is 6.93. The first kappa shape index (κ1) is 29.3. The van der Waals surface area contributed by atoms with Crippen molar-refractivity contribution in [3.8, 4) is 6.07 Å². The number of pyridine rings is 1. The molecule has 5 N–H and O–H groups in total. The van der Waals surface area contributed by atoms with Crippen molar-refractivity contribution in [3.63, 3.8) is 0 Å². The Labute approximate surface area is 258 Å². The van der Waals surface area contributed by atoms with Crippen LogP contribution >= 0.6 is 11.6 Å². The zero-order valence-electron chi connectivity index (χ0n) is 23.4. The maximum atomic E-state index is 15.1. The molecule has 44 heavy (non-hydrogen) atoms. The van der Waals surface area contributed by atoms with Crippen LogP contribution in [0.15, 0.2) is 91.1 Å². The number of urea groups is 1. The fraction of sp³-hybridized carbons (Fsp3) is 0.212. The predicted molar refractivity (Wildman–Crippen MR) is 163 cm³/mol. The van der Waals surface area contributed by atoms with Crippen molar-refractivity contribution in [3.05, 3.63) is 124 Å². The molecule has 2 aliphatic rings. The van der Waals surface area contributed by atoms with Crippen LogP contribution in [0.2, 0.25) is 5.02 Å². The molecule has 2 heterocycles. The second kappa shape index (κ2) is 11.4. The van der Waals surface area contributed by atoms with Gasteiger partial charge in [-0.15, -0.1) is 0 Å².